The molecular weight excluding hydrogens is 272 g/mol. The van der Waals surface area contributed by atoms with Crippen LogP contribution < -0.4 is 4.72 Å². The second kappa shape index (κ2) is 5.94. The first kappa shape index (κ1) is 16.7. The molecule has 1 N–H and O–H groups in total. The summed E-state index contributed by atoms with van der Waals surface area (Å²) in [7, 11) is -3.53. The van der Waals surface area contributed by atoms with Gasteiger partial charge in [-0.2, -0.15) is 5.26 Å². The van der Waals surface area contributed by atoms with Crippen molar-refractivity contribution < 1.29 is 8.42 Å². The third-order valence-electron chi connectivity index (χ3n) is 3.91. The molecule has 0 amide bonds. The van der Waals surface area contributed by atoms with Crippen molar-refractivity contribution in [2.45, 2.75) is 39.5 Å². The number of sulfonamides is 1. The molecule has 0 fully saturated rings. The van der Waals surface area contributed by atoms with E-state index < -0.39 is 10.0 Å². The second-order valence-electron chi connectivity index (χ2n) is 6.06. The van der Waals surface area contributed by atoms with Gasteiger partial charge in [-0.15, -0.1) is 0 Å². The SMILES string of the molecule is Cc1cc(S(=O)(=O)NCC(C)(C)C(C)C)ccc1C#N. The molecule has 0 saturated heterocycles. The maximum Gasteiger partial charge on any atom is 0.240 e. The summed E-state index contributed by atoms with van der Waals surface area (Å²) >= 11 is 0. The molecule has 0 aromatic heterocycles. The first-order chi connectivity index (χ1) is 9.10. The minimum atomic E-state index is -3.53. The molecule has 0 bridgehead atoms. The van der Waals surface area contributed by atoms with E-state index in [9.17, 15) is 8.42 Å². The highest BCUT2D eigenvalue weighted by Crippen LogP contribution is 2.25. The summed E-state index contributed by atoms with van der Waals surface area (Å²) in [6, 6.07) is 6.57. The van der Waals surface area contributed by atoms with Gasteiger partial charge in [0.2, 0.25) is 10.0 Å². The summed E-state index contributed by atoms with van der Waals surface area (Å²) in [4.78, 5) is 0.202. The second-order valence-corrected chi connectivity index (χ2v) is 7.82. The Morgan fingerprint density at radius 2 is 1.95 bits per heavy atom. The fourth-order valence-corrected chi connectivity index (χ4v) is 2.81. The van der Waals surface area contributed by atoms with E-state index in [2.05, 4.69) is 18.6 Å². The Hall–Kier alpha value is -1.38. The van der Waals surface area contributed by atoms with E-state index in [0.29, 0.717) is 23.6 Å². The molecule has 5 heteroatoms. The van der Waals surface area contributed by atoms with Crippen molar-refractivity contribution >= 4 is 10.0 Å². The summed E-state index contributed by atoms with van der Waals surface area (Å²) in [6.45, 7) is 10.3. The van der Waals surface area contributed by atoms with Crippen molar-refractivity contribution in [2.24, 2.45) is 11.3 Å². The van der Waals surface area contributed by atoms with Gasteiger partial charge in [0.05, 0.1) is 16.5 Å². The molecule has 0 heterocycles. The van der Waals surface area contributed by atoms with Gasteiger partial charge in [0, 0.05) is 6.54 Å². The highest BCUT2D eigenvalue weighted by molar-refractivity contribution is 7.89. The van der Waals surface area contributed by atoms with E-state index in [-0.39, 0.29) is 10.3 Å². The van der Waals surface area contributed by atoms with Crippen molar-refractivity contribution in [3.05, 3.63) is 29.3 Å². The summed E-state index contributed by atoms with van der Waals surface area (Å²) in [5, 5.41) is 8.87. The minimum absolute atomic E-state index is 0.116. The molecule has 0 aliphatic heterocycles. The van der Waals surface area contributed by atoms with Gasteiger partial charge in [-0.1, -0.05) is 27.7 Å². The predicted octanol–water partition coefficient (Wildman–Crippen LogP) is 2.83. The lowest BCUT2D eigenvalue weighted by Crippen LogP contribution is -2.36. The van der Waals surface area contributed by atoms with Crippen molar-refractivity contribution in [1.29, 1.82) is 5.26 Å². The normalized spacial score (nSPS) is 12.4. The van der Waals surface area contributed by atoms with Crippen LogP contribution in [0.2, 0.25) is 0 Å². The maximum atomic E-state index is 12.3. The molecule has 0 aliphatic rings. The Morgan fingerprint density at radius 3 is 2.40 bits per heavy atom. The molecule has 1 aromatic rings. The zero-order chi connectivity index (χ0) is 15.6. The van der Waals surface area contributed by atoms with Crippen LogP contribution in [-0.2, 0) is 10.0 Å². The number of nitrogens with zero attached hydrogens (tertiary/aromatic N) is 1. The average Bonchev–Trinajstić information content (AvgIpc) is 2.36. The van der Waals surface area contributed by atoms with E-state index in [1.54, 1.807) is 6.92 Å². The summed E-state index contributed by atoms with van der Waals surface area (Å²) in [6.07, 6.45) is 0. The van der Waals surface area contributed by atoms with Gasteiger partial charge in [-0.05, 0) is 42.0 Å². The van der Waals surface area contributed by atoms with Gasteiger partial charge < -0.3 is 0 Å². The molecule has 4 nitrogen and oxygen atoms in total. The van der Waals surface area contributed by atoms with Crippen LogP contribution in [-0.4, -0.2) is 15.0 Å². The molecule has 20 heavy (non-hydrogen) atoms. The van der Waals surface area contributed by atoms with Gasteiger partial charge in [0.25, 0.3) is 0 Å². The van der Waals surface area contributed by atoms with Gasteiger partial charge in [-0.3, -0.25) is 0 Å². The first-order valence-corrected chi connectivity index (χ1v) is 8.09. The summed E-state index contributed by atoms with van der Waals surface area (Å²) in [5.74, 6) is 0.368. The minimum Gasteiger partial charge on any atom is -0.211 e. The molecule has 0 spiro atoms. The van der Waals surface area contributed by atoms with Crippen LogP contribution in [0.25, 0.3) is 0 Å². The molecule has 0 unspecified atom stereocenters. The van der Waals surface area contributed by atoms with Gasteiger partial charge in [0.1, 0.15) is 0 Å². The first-order valence-electron chi connectivity index (χ1n) is 6.60. The Kier molecular flexibility index (Phi) is 4.95. The van der Waals surface area contributed by atoms with Gasteiger partial charge in [0.15, 0.2) is 0 Å². The maximum absolute atomic E-state index is 12.3. The lowest BCUT2D eigenvalue weighted by molar-refractivity contribution is 0.252. The molecular formula is C15H22N2O2S. The van der Waals surface area contributed by atoms with E-state index in [1.807, 2.05) is 19.9 Å². The highest BCUT2D eigenvalue weighted by Gasteiger charge is 2.25. The van der Waals surface area contributed by atoms with Crippen LogP contribution >= 0.6 is 0 Å². The van der Waals surface area contributed by atoms with E-state index in [0.717, 1.165) is 0 Å². The van der Waals surface area contributed by atoms with Crippen molar-refractivity contribution in [3.63, 3.8) is 0 Å². The number of nitrogens with one attached hydrogen (secondary N) is 1. The Bertz CT molecular complexity index is 626. The zero-order valence-corrected chi connectivity index (χ0v) is 13.5. The van der Waals surface area contributed by atoms with Crippen LogP contribution in [0.3, 0.4) is 0 Å². The average molecular weight is 294 g/mol. The number of benzene rings is 1. The topological polar surface area (TPSA) is 70.0 Å². The zero-order valence-electron chi connectivity index (χ0n) is 12.7. The highest BCUT2D eigenvalue weighted by atomic mass is 32.2. The summed E-state index contributed by atoms with van der Waals surface area (Å²) in [5.41, 5.74) is 1.04. The number of rotatable bonds is 5. The molecule has 110 valence electrons. The lowest BCUT2D eigenvalue weighted by atomic mass is 9.81. The van der Waals surface area contributed by atoms with Crippen LogP contribution in [0.1, 0.15) is 38.8 Å². The van der Waals surface area contributed by atoms with E-state index in [1.165, 1.54) is 18.2 Å². The molecule has 0 radical (unpaired) electrons. The molecule has 1 rings (SSSR count). The largest absolute Gasteiger partial charge is 0.240 e. The van der Waals surface area contributed by atoms with E-state index >= 15 is 0 Å². The number of hydrogen-bond acceptors (Lipinski definition) is 3. The predicted molar refractivity (Wildman–Crippen MR) is 79.7 cm³/mol. The quantitative estimate of drug-likeness (QED) is 0.907. The number of nitriles is 1. The Labute approximate surface area is 121 Å². The fraction of sp³-hybridized carbons (Fsp3) is 0.533. The van der Waals surface area contributed by atoms with Gasteiger partial charge >= 0.3 is 0 Å². The van der Waals surface area contributed by atoms with Crippen molar-refractivity contribution in [2.75, 3.05) is 6.54 Å². The molecule has 0 saturated carbocycles. The third-order valence-corrected chi connectivity index (χ3v) is 5.31. The number of aryl methyl sites for hydroxylation is 1. The smallest absolute Gasteiger partial charge is 0.211 e. The van der Waals surface area contributed by atoms with Crippen molar-refractivity contribution in [3.8, 4) is 6.07 Å². The van der Waals surface area contributed by atoms with Gasteiger partial charge in [-0.25, -0.2) is 13.1 Å². The Balaban J connectivity index is 2.96. The monoisotopic (exact) mass is 294 g/mol. The molecule has 1 aromatic carbocycles. The standard InChI is InChI=1S/C15H22N2O2S/c1-11(2)15(4,5)10-17-20(18,19)14-7-6-13(9-16)12(3)8-14/h6-8,11,17H,10H2,1-5H3. The summed E-state index contributed by atoms with van der Waals surface area (Å²) < 4.78 is 27.2. The van der Waals surface area contributed by atoms with Crippen LogP contribution in [0.15, 0.2) is 23.1 Å². The number of hydrogen-bond donors (Lipinski definition) is 1. The lowest BCUT2D eigenvalue weighted by Gasteiger charge is -2.29. The van der Waals surface area contributed by atoms with Crippen molar-refractivity contribution in [1.82, 2.24) is 4.72 Å². The molecule has 0 aliphatic carbocycles. The van der Waals surface area contributed by atoms with Crippen LogP contribution in [0.5, 0.6) is 0 Å². The molecule has 0 atom stereocenters. The van der Waals surface area contributed by atoms with Crippen LogP contribution in [0.4, 0.5) is 0 Å². The van der Waals surface area contributed by atoms with Crippen LogP contribution in [0, 0.1) is 29.6 Å². The Morgan fingerprint density at radius 1 is 1.35 bits per heavy atom. The van der Waals surface area contributed by atoms with E-state index in [4.69, 9.17) is 5.26 Å². The third kappa shape index (κ3) is 3.81. The fourth-order valence-electron chi connectivity index (χ4n) is 1.50.